The molecule has 3 aromatic rings. The fourth-order valence-electron chi connectivity index (χ4n) is 3.43. The fraction of sp³-hybridized carbons (Fsp3) is 0.474. The second kappa shape index (κ2) is 9.77. The van der Waals surface area contributed by atoms with E-state index in [2.05, 4.69) is 20.4 Å². The summed E-state index contributed by atoms with van der Waals surface area (Å²) in [7, 11) is 2.89. The van der Waals surface area contributed by atoms with Gasteiger partial charge in [-0.3, -0.25) is 15.0 Å². The van der Waals surface area contributed by atoms with Gasteiger partial charge in [-0.1, -0.05) is 11.3 Å². The first-order valence-electron chi connectivity index (χ1n) is 9.36. The highest BCUT2D eigenvalue weighted by atomic mass is 32.1. The van der Waals surface area contributed by atoms with Gasteiger partial charge in [0.2, 0.25) is 0 Å². The lowest BCUT2D eigenvalue weighted by Crippen LogP contribution is -2.35. The van der Waals surface area contributed by atoms with Gasteiger partial charge in [0.15, 0.2) is 5.13 Å². The standard InChI is InChI=1S/C14H16N4O2S.C4H6N2.CH4O/c19-13(18-5-2-14(8-18)3-6-20-9-14)17-12-16-10-7-15-4-1-11(10)21-12;1-6-4-2-3-5-6;1-2/h1,4,7H,2-3,5-6,8-9H2,(H,16,17,19);2-4H,1H3;2H,1H3/t14-;;/m0../s1. The first kappa shape index (κ1) is 21.2. The SMILES string of the molecule is CO.Cn1cccn1.O=C(Nc1nc2cnccc2s1)N1CC[C@]2(CCOC2)C1. The van der Waals surface area contributed by atoms with Crippen LogP contribution in [-0.4, -0.2) is 69.2 Å². The number of carbonyl (C=O) groups is 1. The van der Waals surface area contributed by atoms with Gasteiger partial charge in [0.05, 0.1) is 17.5 Å². The van der Waals surface area contributed by atoms with E-state index in [1.165, 1.54) is 11.3 Å². The Labute approximate surface area is 173 Å². The molecule has 0 unspecified atom stereocenters. The van der Waals surface area contributed by atoms with Crippen LogP contribution in [0.15, 0.2) is 36.9 Å². The van der Waals surface area contributed by atoms with Crippen LogP contribution in [0.4, 0.5) is 9.93 Å². The van der Waals surface area contributed by atoms with Gasteiger partial charge in [0.1, 0.15) is 5.52 Å². The summed E-state index contributed by atoms with van der Waals surface area (Å²) in [6.07, 6.45) is 9.17. The molecule has 10 heteroatoms. The molecule has 0 saturated carbocycles. The van der Waals surface area contributed by atoms with Crippen LogP contribution in [0, 0.1) is 5.41 Å². The van der Waals surface area contributed by atoms with Crippen LogP contribution < -0.4 is 5.32 Å². The van der Waals surface area contributed by atoms with Crippen molar-refractivity contribution in [2.45, 2.75) is 12.8 Å². The Kier molecular flexibility index (Phi) is 7.13. The van der Waals surface area contributed by atoms with Crippen LogP contribution in [0.5, 0.6) is 0 Å². The van der Waals surface area contributed by atoms with Gasteiger partial charge in [-0.05, 0) is 25.0 Å². The number of aromatic nitrogens is 4. The molecule has 2 aliphatic heterocycles. The zero-order valence-corrected chi connectivity index (χ0v) is 17.4. The summed E-state index contributed by atoms with van der Waals surface area (Å²) < 4.78 is 8.27. The molecule has 0 bridgehead atoms. The topological polar surface area (TPSA) is 105 Å². The van der Waals surface area contributed by atoms with E-state index in [9.17, 15) is 4.79 Å². The van der Waals surface area contributed by atoms with Crippen LogP contribution in [0.1, 0.15) is 12.8 Å². The summed E-state index contributed by atoms with van der Waals surface area (Å²) in [6.45, 7) is 3.18. The van der Waals surface area contributed by atoms with Gasteiger partial charge in [0.25, 0.3) is 0 Å². The third-order valence-electron chi connectivity index (χ3n) is 4.95. The van der Waals surface area contributed by atoms with E-state index in [1.54, 1.807) is 23.3 Å². The quantitative estimate of drug-likeness (QED) is 0.629. The minimum atomic E-state index is -0.0641. The van der Waals surface area contributed by atoms with Crippen molar-refractivity contribution in [3.05, 3.63) is 36.9 Å². The molecule has 3 aromatic heterocycles. The van der Waals surface area contributed by atoms with Crippen molar-refractivity contribution in [2.24, 2.45) is 12.5 Å². The molecule has 2 amide bonds. The number of aliphatic hydroxyl groups is 1. The number of pyridine rings is 1. The van der Waals surface area contributed by atoms with Crippen molar-refractivity contribution >= 4 is 32.7 Å². The molecule has 5 rings (SSSR count). The zero-order chi connectivity index (χ0) is 20.7. The van der Waals surface area contributed by atoms with Crippen molar-refractivity contribution < 1.29 is 14.6 Å². The number of nitrogens with one attached hydrogen (secondary N) is 1. The van der Waals surface area contributed by atoms with E-state index in [0.29, 0.717) is 5.13 Å². The number of amides is 2. The number of rotatable bonds is 1. The first-order chi connectivity index (χ1) is 14.1. The van der Waals surface area contributed by atoms with Gasteiger partial charge >= 0.3 is 6.03 Å². The van der Waals surface area contributed by atoms with Crippen molar-refractivity contribution in [3.8, 4) is 0 Å². The number of carbonyl (C=O) groups excluding carboxylic acids is 1. The summed E-state index contributed by atoms with van der Waals surface area (Å²) in [5.74, 6) is 0. The van der Waals surface area contributed by atoms with Gasteiger partial charge < -0.3 is 14.7 Å². The van der Waals surface area contributed by atoms with Crippen molar-refractivity contribution in [1.29, 1.82) is 0 Å². The molecule has 2 aliphatic rings. The largest absolute Gasteiger partial charge is 0.400 e. The molecule has 0 radical (unpaired) electrons. The number of nitrogens with zero attached hydrogens (tertiary/aromatic N) is 5. The number of aryl methyl sites for hydroxylation is 1. The molecule has 2 saturated heterocycles. The Bertz CT molecular complexity index is 875. The van der Waals surface area contributed by atoms with E-state index in [4.69, 9.17) is 9.84 Å². The van der Waals surface area contributed by atoms with Crippen LogP contribution in [0.2, 0.25) is 0 Å². The Morgan fingerprint density at radius 2 is 2.21 bits per heavy atom. The molecule has 0 aliphatic carbocycles. The maximum absolute atomic E-state index is 12.4. The fourth-order valence-corrected chi connectivity index (χ4v) is 4.25. The number of hydrogen-bond donors (Lipinski definition) is 2. The highest BCUT2D eigenvalue weighted by Gasteiger charge is 2.42. The number of thiazole rings is 1. The molecular weight excluding hydrogens is 392 g/mol. The molecule has 2 fully saturated rings. The maximum Gasteiger partial charge on any atom is 0.323 e. The third kappa shape index (κ3) is 5.28. The number of fused-ring (bicyclic) bond motifs is 1. The highest BCUT2D eigenvalue weighted by Crippen LogP contribution is 2.38. The average molecular weight is 419 g/mol. The molecule has 5 heterocycles. The third-order valence-corrected chi connectivity index (χ3v) is 5.90. The number of hydrogen-bond acceptors (Lipinski definition) is 7. The van der Waals surface area contributed by atoms with E-state index in [0.717, 1.165) is 56.5 Å². The van der Waals surface area contributed by atoms with Crippen LogP contribution in [0.3, 0.4) is 0 Å². The Morgan fingerprint density at radius 3 is 2.83 bits per heavy atom. The number of anilines is 1. The highest BCUT2D eigenvalue weighted by molar-refractivity contribution is 7.22. The predicted molar refractivity (Wildman–Crippen MR) is 112 cm³/mol. The van der Waals surface area contributed by atoms with Gasteiger partial charge in [-0.25, -0.2) is 9.78 Å². The van der Waals surface area contributed by atoms with E-state index in [-0.39, 0.29) is 11.4 Å². The summed E-state index contributed by atoms with van der Waals surface area (Å²) in [6, 6.07) is 3.73. The van der Waals surface area contributed by atoms with Gasteiger partial charge in [-0.2, -0.15) is 5.10 Å². The zero-order valence-electron chi connectivity index (χ0n) is 16.6. The predicted octanol–water partition coefficient (Wildman–Crippen LogP) is 2.36. The molecule has 156 valence electrons. The minimum Gasteiger partial charge on any atom is -0.400 e. The normalized spacial score (nSPS) is 20.2. The van der Waals surface area contributed by atoms with Crippen molar-refractivity contribution in [3.63, 3.8) is 0 Å². The number of aliphatic hydroxyl groups excluding tert-OH is 1. The number of ether oxygens (including phenoxy) is 1. The Morgan fingerprint density at radius 1 is 1.34 bits per heavy atom. The molecule has 1 atom stereocenters. The van der Waals surface area contributed by atoms with Gasteiger partial charge in [-0.15, -0.1) is 0 Å². The lowest BCUT2D eigenvalue weighted by Gasteiger charge is -2.21. The molecule has 2 N–H and O–H groups in total. The van der Waals surface area contributed by atoms with Crippen LogP contribution in [0.25, 0.3) is 10.2 Å². The molecule has 0 aromatic carbocycles. The van der Waals surface area contributed by atoms with Gasteiger partial charge in [0, 0.05) is 57.9 Å². The van der Waals surface area contributed by atoms with E-state index < -0.39 is 0 Å². The summed E-state index contributed by atoms with van der Waals surface area (Å²) in [5, 5.41) is 14.4. The monoisotopic (exact) mass is 418 g/mol. The summed E-state index contributed by atoms with van der Waals surface area (Å²) in [4.78, 5) is 22.7. The lowest BCUT2D eigenvalue weighted by atomic mass is 9.87. The molecular formula is C19H26N6O3S. The lowest BCUT2D eigenvalue weighted by molar-refractivity contribution is 0.154. The first-order valence-corrected chi connectivity index (χ1v) is 10.2. The number of likely N-dealkylation sites (tertiary alicyclic amines) is 1. The van der Waals surface area contributed by atoms with Crippen molar-refractivity contribution in [1.82, 2.24) is 24.6 Å². The molecule has 29 heavy (non-hydrogen) atoms. The van der Waals surface area contributed by atoms with Crippen LogP contribution >= 0.6 is 11.3 Å². The second-order valence-electron chi connectivity index (χ2n) is 6.95. The maximum atomic E-state index is 12.4. The Hall–Kier alpha value is -2.56. The van der Waals surface area contributed by atoms with Crippen LogP contribution in [-0.2, 0) is 11.8 Å². The minimum absolute atomic E-state index is 0.0641. The summed E-state index contributed by atoms with van der Waals surface area (Å²) >= 11 is 1.47. The number of urea groups is 1. The smallest absolute Gasteiger partial charge is 0.323 e. The van der Waals surface area contributed by atoms with Crippen molar-refractivity contribution in [2.75, 3.05) is 38.7 Å². The summed E-state index contributed by atoms with van der Waals surface area (Å²) in [5.41, 5.74) is 1.01. The molecule has 9 nitrogen and oxygen atoms in total. The molecule has 1 spiro atoms. The van der Waals surface area contributed by atoms with E-state index in [1.807, 2.05) is 30.3 Å². The second-order valence-corrected chi connectivity index (χ2v) is 7.98. The van der Waals surface area contributed by atoms with E-state index >= 15 is 0 Å². The average Bonchev–Trinajstić information content (AvgIpc) is 3.53. The Balaban J connectivity index is 0.000000256.